The fourth-order valence-corrected chi connectivity index (χ4v) is 4.01. The summed E-state index contributed by atoms with van der Waals surface area (Å²) in [6, 6.07) is 17.0. The molecule has 1 N–H and O–H groups in total. The zero-order chi connectivity index (χ0) is 23.4. The van der Waals surface area contributed by atoms with Crippen LogP contribution in [0.2, 0.25) is 0 Å². The molecule has 4 rings (SSSR count). The maximum Gasteiger partial charge on any atom is 0.302 e. The van der Waals surface area contributed by atoms with Gasteiger partial charge in [-0.3, -0.25) is 4.79 Å². The van der Waals surface area contributed by atoms with Crippen LogP contribution in [-0.2, 0) is 11.3 Å². The molecule has 0 saturated carbocycles. The lowest BCUT2D eigenvalue weighted by Gasteiger charge is -2.06. The second kappa shape index (κ2) is 10.0. The quantitative estimate of drug-likeness (QED) is 0.266. The van der Waals surface area contributed by atoms with E-state index >= 15 is 0 Å². The molecule has 33 heavy (non-hydrogen) atoms. The summed E-state index contributed by atoms with van der Waals surface area (Å²) in [5.74, 6) is 0.620. The Bertz CT molecular complexity index is 1350. The minimum absolute atomic E-state index is 0.0233. The van der Waals surface area contributed by atoms with Crippen molar-refractivity contribution in [2.24, 2.45) is 10.2 Å². The van der Waals surface area contributed by atoms with Gasteiger partial charge >= 0.3 is 5.91 Å². The smallest absolute Gasteiger partial charge is 0.302 e. The van der Waals surface area contributed by atoms with E-state index in [0.29, 0.717) is 23.4 Å². The highest BCUT2D eigenvalue weighted by atomic mass is 79.9. The Labute approximate surface area is 199 Å². The summed E-state index contributed by atoms with van der Waals surface area (Å²) >= 11 is 3.45. The Morgan fingerprint density at radius 1 is 1.06 bits per heavy atom. The first-order valence-electron chi connectivity index (χ1n) is 10.7. The number of benzene rings is 3. The number of unbranched alkanes of at least 4 members (excludes halogenated alkanes) is 1. The highest BCUT2D eigenvalue weighted by Gasteiger charge is 2.17. The number of carbonyl (C=O) groups excluding carboxylic acids is 1. The molecular weight excluding hydrogens is 486 g/mol. The van der Waals surface area contributed by atoms with Gasteiger partial charge in [0.05, 0.1) is 12.6 Å². The predicted octanol–water partition coefficient (Wildman–Crippen LogP) is 6.76. The van der Waals surface area contributed by atoms with Crippen molar-refractivity contribution in [1.29, 1.82) is 0 Å². The van der Waals surface area contributed by atoms with E-state index < -0.39 is 5.91 Å². The van der Waals surface area contributed by atoms with Crippen molar-refractivity contribution in [3.8, 4) is 17.4 Å². The van der Waals surface area contributed by atoms with Gasteiger partial charge in [-0.2, -0.15) is 0 Å². The maximum atomic E-state index is 12.3. The number of fused-ring (bicyclic) bond motifs is 2. The van der Waals surface area contributed by atoms with Crippen molar-refractivity contribution in [2.75, 3.05) is 13.7 Å². The highest BCUT2D eigenvalue weighted by molar-refractivity contribution is 9.10. The van der Waals surface area contributed by atoms with E-state index in [-0.39, 0.29) is 18.2 Å². The minimum Gasteiger partial charge on any atom is -0.497 e. The van der Waals surface area contributed by atoms with E-state index in [9.17, 15) is 9.90 Å². The Morgan fingerprint density at radius 3 is 2.61 bits per heavy atom. The Hall–Kier alpha value is -3.39. The van der Waals surface area contributed by atoms with Gasteiger partial charge in [-0.25, -0.2) is 0 Å². The molecule has 0 bridgehead atoms. The second-order valence-electron chi connectivity index (χ2n) is 7.60. The predicted molar refractivity (Wildman–Crippen MR) is 132 cm³/mol. The number of nitrogens with zero attached hydrogens (tertiary/aromatic N) is 3. The van der Waals surface area contributed by atoms with Crippen LogP contribution in [0.15, 0.2) is 69.3 Å². The fourth-order valence-electron chi connectivity index (χ4n) is 3.63. The zero-order valence-electron chi connectivity index (χ0n) is 18.4. The van der Waals surface area contributed by atoms with Crippen LogP contribution in [0.25, 0.3) is 21.7 Å². The number of aromatic hydroxyl groups is 1. The standard InChI is InChI=1S/C25H24BrN3O4/c1-3-4-11-29-22-10-9-19(32-2)14-21(22)24(25(29)31)28-27-23(30)15-33-20-8-6-16-12-18(26)7-5-17(16)13-20/h5-10,12-14,31H,3-4,11,15H2,1-2H3. The number of ether oxygens (including phenoxy) is 2. The lowest BCUT2D eigenvalue weighted by Crippen LogP contribution is -2.07. The molecule has 0 aliphatic carbocycles. The number of amides is 1. The largest absolute Gasteiger partial charge is 0.497 e. The van der Waals surface area contributed by atoms with Crippen LogP contribution < -0.4 is 9.47 Å². The summed E-state index contributed by atoms with van der Waals surface area (Å²) in [7, 11) is 1.57. The molecule has 0 radical (unpaired) electrons. The molecule has 170 valence electrons. The second-order valence-corrected chi connectivity index (χ2v) is 8.51. The average molecular weight is 510 g/mol. The molecule has 0 saturated heterocycles. The van der Waals surface area contributed by atoms with Gasteiger partial charge in [0.15, 0.2) is 12.3 Å². The van der Waals surface area contributed by atoms with Crippen molar-refractivity contribution in [2.45, 2.75) is 26.3 Å². The molecular formula is C25H24BrN3O4. The number of azo groups is 1. The van der Waals surface area contributed by atoms with Gasteiger partial charge in [0.25, 0.3) is 0 Å². The number of aromatic nitrogens is 1. The Kier molecular flexibility index (Phi) is 6.93. The lowest BCUT2D eigenvalue weighted by molar-refractivity contribution is -0.120. The first-order chi connectivity index (χ1) is 16.0. The summed E-state index contributed by atoms with van der Waals surface area (Å²) in [4.78, 5) is 12.3. The number of rotatable bonds is 8. The van der Waals surface area contributed by atoms with E-state index in [4.69, 9.17) is 9.47 Å². The number of halogens is 1. The third-order valence-electron chi connectivity index (χ3n) is 5.35. The Morgan fingerprint density at radius 2 is 1.82 bits per heavy atom. The van der Waals surface area contributed by atoms with Gasteiger partial charge in [0.1, 0.15) is 11.5 Å². The summed E-state index contributed by atoms with van der Waals surface area (Å²) in [6.45, 7) is 2.46. The molecule has 0 spiro atoms. The highest BCUT2D eigenvalue weighted by Crippen LogP contribution is 2.40. The van der Waals surface area contributed by atoms with Gasteiger partial charge in [0, 0.05) is 16.4 Å². The third kappa shape index (κ3) is 5.01. The maximum absolute atomic E-state index is 12.3. The summed E-state index contributed by atoms with van der Waals surface area (Å²) in [5, 5.41) is 21.4. The lowest BCUT2D eigenvalue weighted by atomic mass is 10.1. The number of hydrogen-bond acceptors (Lipinski definition) is 5. The van der Waals surface area contributed by atoms with Crippen LogP contribution in [0.5, 0.6) is 17.4 Å². The molecule has 1 aromatic heterocycles. The van der Waals surface area contributed by atoms with Gasteiger partial charge in [-0.05, 0) is 59.7 Å². The summed E-state index contributed by atoms with van der Waals surface area (Å²) < 4.78 is 13.7. The van der Waals surface area contributed by atoms with Crippen molar-refractivity contribution in [3.63, 3.8) is 0 Å². The average Bonchev–Trinajstić information content (AvgIpc) is 3.09. The SMILES string of the molecule is CCCCn1c(O)c(N=NC(=O)COc2ccc3cc(Br)ccc3c2)c2cc(OC)ccc21. The number of hydrogen-bond donors (Lipinski definition) is 1. The van der Waals surface area contributed by atoms with E-state index in [0.717, 1.165) is 33.6 Å². The van der Waals surface area contributed by atoms with Crippen LogP contribution >= 0.6 is 15.9 Å². The molecule has 7 nitrogen and oxygen atoms in total. The number of aryl methyl sites for hydroxylation is 1. The normalized spacial score (nSPS) is 11.5. The summed E-state index contributed by atoms with van der Waals surface area (Å²) in [5.41, 5.74) is 1.05. The number of carbonyl (C=O) groups is 1. The van der Waals surface area contributed by atoms with Crippen LogP contribution in [-0.4, -0.2) is 29.3 Å². The molecule has 3 aromatic carbocycles. The molecule has 0 unspecified atom stereocenters. The molecule has 0 atom stereocenters. The Balaban J connectivity index is 1.53. The van der Waals surface area contributed by atoms with Crippen LogP contribution in [0.1, 0.15) is 19.8 Å². The van der Waals surface area contributed by atoms with Gasteiger partial charge < -0.3 is 19.1 Å². The molecule has 0 fully saturated rings. The first kappa shape index (κ1) is 22.8. The molecule has 0 aliphatic heterocycles. The van der Waals surface area contributed by atoms with Crippen LogP contribution in [0.3, 0.4) is 0 Å². The van der Waals surface area contributed by atoms with Crippen LogP contribution in [0.4, 0.5) is 5.69 Å². The van der Waals surface area contributed by atoms with E-state index in [1.807, 2.05) is 42.5 Å². The van der Waals surface area contributed by atoms with Crippen LogP contribution in [0, 0.1) is 0 Å². The monoisotopic (exact) mass is 509 g/mol. The summed E-state index contributed by atoms with van der Waals surface area (Å²) in [6.07, 6.45) is 1.88. The van der Waals surface area contributed by atoms with E-state index in [1.165, 1.54) is 0 Å². The van der Waals surface area contributed by atoms with E-state index in [2.05, 4.69) is 33.1 Å². The van der Waals surface area contributed by atoms with Crippen molar-refractivity contribution >= 4 is 49.2 Å². The molecule has 1 amide bonds. The van der Waals surface area contributed by atoms with E-state index in [1.54, 1.807) is 23.8 Å². The van der Waals surface area contributed by atoms with Crippen molar-refractivity contribution in [1.82, 2.24) is 4.57 Å². The van der Waals surface area contributed by atoms with Gasteiger partial charge in [-0.1, -0.05) is 41.4 Å². The fraction of sp³-hybridized carbons (Fsp3) is 0.240. The molecule has 1 heterocycles. The molecule has 4 aromatic rings. The van der Waals surface area contributed by atoms with Crippen molar-refractivity contribution in [3.05, 3.63) is 59.1 Å². The van der Waals surface area contributed by atoms with Crippen molar-refractivity contribution < 1.29 is 19.4 Å². The zero-order valence-corrected chi connectivity index (χ0v) is 20.0. The van der Waals surface area contributed by atoms with Gasteiger partial charge in [0.2, 0.25) is 5.88 Å². The topological polar surface area (TPSA) is 85.4 Å². The van der Waals surface area contributed by atoms with Gasteiger partial charge in [-0.15, -0.1) is 10.2 Å². The number of methoxy groups -OCH3 is 1. The first-order valence-corrected chi connectivity index (χ1v) is 11.5. The molecule has 8 heteroatoms. The third-order valence-corrected chi connectivity index (χ3v) is 5.84. The molecule has 0 aliphatic rings. The minimum atomic E-state index is -0.553.